The van der Waals surface area contributed by atoms with Gasteiger partial charge >= 0.3 is 0 Å². The average Bonchev–Trinajstić information content (AvgIpc) is 3.26. The van der Waals surface area contributed by atoms with E-state index in [2.05, 4.69) is 4.98 Å². The van der Waals surface area contributed by atoms with Crippen molar-refractivity contribution in [1.29, 1.82) is 0 Å². The first-order valence-corrected chi connectivity index (χ1v) is 12.6. The lowest BCUT2D eigenvalue weighted by molar-refractivity contribution is 0.552. The van der Waals surface area contributed by atoms with Crippen LogP contribution in [0.1, 0.15) is 31.4 Å². The number of aryl methyl sites for hydroxylation is 3. The highest BCUT2D eigenvalue weighted by Crippen LogP contribution is 2.41. The van der Waals surface area contributed by atoms with Gasteiger partial charge in [-0.1, -0.05) is 25.5 Å². The first-order chi connectivity index (χ1) is 16.3. The fraction of sp³-hybridized carbons (Fsp3) is 0.231. The molecule has 176 valence electrons. The van der Waals surface area contributed by atoms with Crippen LogP contribution in [0.4, 0.5) is 8.78 Å². The summed E-state index contributed by atoms with van der Waals surface area (Å²) in [5, 5.41) is 4.71. The summed E-state index contributed by atoms with van der Waals surface area (Å²) in [6.45, 7) is 6.25. The lowest BCUT2D eigenvalue weighted by Crippen LogP contribution is -2.12. The van der Waals surface area contributed by atoms with Crippen molar-refractivity contribution in [2.24, 2.45) is 0 Å². The van der Waals surface area contributed by atoms with E-state index in [1.165, 1.54) is 0 Å². The van der Waals surface area contributed by atoms with Crippen molar-refractivity contribution in [1.82, 2.24) is 14.8 Å². The molecule has 0 spiro atoms. The monoisotopic (exact) mass is 481 g/mol. The number of nitrogens with zero attached hydrogens (tertiary/aromatic N) is 3. The second kappa shape index (κ2) is 9.46. The fourth-order valence-corrected chi connectivity index (χ4v) is 5.95. The second-order valence-corrected chi connectivity index (χ2v) is 9.91. The predicted molar refractivity (Wildman–Crippen MR) is 127 cm³/mol. The van der Waals surface area contributed by atoms with Crippen molar-refractivity contribution in [2.75, 3.05) is 0 Å². The summed E-state index contributed by atoms with van der Waals surface area (Å²) in [6, 6.07) is 9.73. The molecule has 4 rings (SSSR count). The number of hydrogen-bond donors (Lipinski definition) is 0. The second-order valence-electron chi connectivity index (χ2n) is 8.06. The van der Waals surface area contributed by atoms with Crippen LogP contribution < -0.4 is 0 Å². The molecule has 0 saturated heterocycles. The van der Waals surface area contributed by atoms with Crippen molar-refractivity contribution < 1.29 is 17.2 Å². The maximum absolute atomic E-state index is 14.7. The van der Waals surface area contributed by atoms with E-state index in [1.54, 1.807) is 30.1 Å². The van der Waals surface area contributed by atoms with Crippen molar-refractivity contribution in [2.45, 2.75) is 49.9 Å². The molecular formula is C26H25F2N3O2S. The molecule has 2 aromatic heterocycles. The first-order valence-electron chi connectivity index (χ1n) is 11.1. The van der Waals surface area contributed by atoms with Crippen molar-refractivity contribution in [3.8, 4) is 22.4 Å². The molecule has 0 saturated carbocycles. The van der Waals surface area contributed by atoms with Crippen LogP contribution in [-0.2, 0) is 22.8 Å². The van der Waals surface area contributed by atoms with Crippen LogP contribution in [0.2, 0.25) is 0 Å². The standard InChI is InChI=1S/C26H25F2N3O2S/c1-4-6-19-8-7-17(3)24(26(19)34(32,33)23-15-20(27)9-10-22(23)28)25-21(16-31(5-2)30-25)18-11-13-29-14-12-18/h7-16H,4-6H2,1-3H3. The molecule has 0 radical (unpaired) electrons. The molecule has 0 amide bonds. The van der Waals surface area contributed by atoms with Gasteiger partial charge in [0, 0.05) is 36.3 Å². The van der Waals surface area contributed by atoms with E-state index in [9.17, 15) is 17.2 Å². The van der Waals surface area contributed by atoms with Crippen LogP contribution >= 0.6 is 0 Å². The topological polar surface area (TPSA) is 64.8 Å². The number of benzene rings is 2. The molecule has 0 fully saturated rings. The molecule has 34 heavy (non-hydrogen) atoms. The maximum atomic E-state index is 14.7. The smallest absolute Gasteiger partial charge is 0.210 e. The fourth-order valence-electron chi connectivity index (χ4n) is 4.10. The summed E-state index contributed by atoms with van der Waals surface area (Å²) in [5.41, 5.74) is 3.64. The molecular weight excluding hydrogens is 456 g/mol. The van der Waals surface area contributed by atoms with Gasteiger partial charge in [0.1, 0.15) is 22.2 Å². The minimum absolute atomic E-state index is 0.0319. The first kappa shape index (κ1) is 23.8. The molecule has 0 bridgehead atoms. The zero-order valence-corrected chi connectivity index (χ0v) is 20.0. The zero-order chi connectivity index (χ0) is 24.5. The van der Waals surface area contributed by atoms with E-state index in [1.807, 2.05) is 38.2 Å². The molecule has 4 aromatic rings. The lowest BCUT2D eigenvalue weighted by Gasteiger charge is -2.18. The van der Waals surface area contributed by atoms with Gasteiger partial charge in [-0.3, -0.25) is 9.67 Å². The molecule has 2 heterocycles. The van der Waals surface area contributed by atoms with E-state index in [0.29, 0.717) is 41.8 Å². The molecule has 8 heteroatoms. The number of halogens is 2. The maximum Gasteiger partial charge on any atom is 0.210 e. The normalized spacial score (nSPS) is 11.7. The number of sulfone groups is 1. The molecule has 0 N–H and O–H groups in total. The van der Waals surface area contributed by atoms with Crippen molar-refractivity contribution in [3.63, 3.8) is 0 Å². The largest absolute Gasteiger partial charge is 0.272 e. The highest BCUT2D eigenvalue weighted by molar-refractivity contribution is 7.91. The van der Waals surface area contributed by atoms with Gasteiger partial charge in [-0.25, -0.2) is 17.2 Å². The SMILES string of the molecule is CCCc1ccc(C)c(-c2nn(CC)cc2-c2ccncc2)c1S(=O)(=O)c1cc(F)ccc1F. The highest BCUT2D eigenvalue weighted by Gasteiger charge is 2.31. The Bertz CT molecular complexity index is 1450. The Labute approximate surface area is 198 Å². The van der Waals surface area contributed by atoms with Gasteiger partial charge in [0.25, 0.3) is 0 Å². The molecule has 0 aliphatic rings. The number of aromatic nitrogens is 3. The molecule has 0 aliphatic carbocycles. The average molecular weight is 482 g/mol. The third-order valence-electron chi connectivity index (χ3n) is 5.73. The third-order valence-corrected chi connectivity index (χ3v) is 7.63. The summed E-state index contributed by atoms with van der Waals surface area (Å²) in [6.07, 6.45) is 6.30. The van der Waals surface area contributed by atoms with Crippen LogP contribution in [0.3, 0.4) is 0 Å². The number of rotatable bonds is 7. The van der Waals surface area contributed by atoms with Crippen LogP contribution in [-0.4, -0.2) is 23.2 Å². The Balaban J connectivity index is 2.10. The molecule has 5 nitrogen and oxygen atoms in total. The minimum atomic E-state index is -4.42. The number of pyridine rings is 1. The quantitative estimate of drug-likeness (QED) is 0.325. The van der Waals surface area contributed by atoms with E-state index in [-0.39, 0.29) is 4.90 Å². The van der Waals surface area contributed by atoms with Crippen molar-refractivity contribution in [3.05, 3.63) is 83.8 Å². The van der Waals surface area contributed by atoms with Crippen LogP contribution in [0.15, 0.2) is 70.8 Å². The van der Waals surface area contributed by atoms with Gasteiger partial charge < -0.3 is 0 Å². The summed E-state index contributed by atoms with van der Waals surface area (Å²) < 4.78 is 58.3. The van der Waals surface area contributed by atoms with E-state index >= 15 is 0 Å². The van der Waals surface area contributed by atoms with Crippen LogP contribution in [0, 0.1) is 18.6 Å². The van der Waals surface area contributed by atoms with E-state index in [0.717, 1.165) is 29.3 Å². The Morgan fingerprint density at radius 3 is 2.41 bits per heavy atom. The Morgan fingerprint density at radius 1 is 1.00 bits per heavy atom. The Kier molecular flexibility index (Phi) is 6.61. The van der Waals surface area contributed by atoms with Gasteiger partial charge in [-0.05, 0) is 67.3 Å². The Hall–Kier alpha value is -3.39. The molecule has 0 aliphatic heterocycles. The van der Waals surface area contributed by atoms with Gasteiger partial charge in [0.05, 0.1) is 4.90 Å². The van der Waals surface area contributed by atoms with E-state index < -0.39 is 26.4 Å². The summed E-state index contributed by atoms with van der Waals surface area (Å²) in [4.78, 5) is 3.36. The Morgan fingerprint density at radius 2 is 1.74 bits per heavy atom. The highest BCUT2D eigenvalue weighted by atomic mass is 32.2. The van der Waals surface area contributed by atoms with Gasteiger partial charge in [0.2, 0.25) is 9.84 Å². The van der Waals surface area contributed by atoms with Crippen LogP contribution in [0.25, 0.3) is 22.4 Å². The van der Waals surface area contributed by atoms with Gasteiger partial charge in [0.15, 0.2) is 0 Å². The molecule has 2 aromatic carbocycles. The van der Waals surface area contributed by atoms with Gasteiger partial charge in [-0.2, -0.15) is 5.10 Å². The van der Waals surface area contributed by atoms with Crippen LogP contribution in [0.5, 0.6) is 0 Å². The number of hydrogen-bond acceptors (Lipinski definition) is 4. The summed E-state index contributed by atoms with van der Waals surface area (Å²) in [5.74, 6) is -1.82. The van der Waals surface area contributed by atoms with E-state index in [4.69, 9.17) is 5.10 Å². The summed E-state index contributed by atoms with van der Waals surface area (Å²) in [7, 11) is -4.42. The zero-order valence-electron chi connectivity index (χ0n) is 19.2. The molecule has 0 atom stereocenters. The lowest BCUT2D eigenvalue weighted by atomic mass is 9.96. The third kappa shape index (κ3) is 4.25. The summed E-state index contributed by atoms with van der Waals surface area (Å²) >= 11 is 0. The predicted octanol–water partition coefficient (Wildman–Crippen LogP) is 6.00. The molecule has 0 unspecified atom stereocenters. The van der Waals surface area contributed by atoms with Gasteiger partial charge in [-0.15, -0.1) is 0 Å². The van der Waals surface area contributed by atoms with Crippen molar-refractivity contribution >= 4 is 9.84 Å². The minimum Gasteiger partial charge on any atom is -0.272 e.